The van der Waals surface area contributed by atoms with Crippen molar-refractivity contribution in [3.8, 4) is 0 Å². The van der Waals surface area contributed by atoms with Gasteiger partial charge in [-0.05, 0) is 6.42 Å². The second-order valence-electron chi connectivity index (χ2n) is 5.05. The molecule has 1 aliphatic carbocycles. The van der Waals surface area contributed by atoms with E-state index < -0.39 is 0 Å². The number of benzene rings is 1. The maximum atomic E-state index is 12.6. The summed E-state index contributed by atoms with van der Waals surface area (Å²) in [6.45, 7) is 2.67. The second-order valence-corrected chi connectivity index (χ2v) is 5.05. The number of carbonyl (C=O) groups excluding carboxylic acids is 1. The van der Waals surface area contributed by atoms with Gasteiger partial charge in [-0.25, -0.2) is 4.98 Å². The van der Waals surface area contributed by atoms with Gasteiger partial charge >= 0.3 is 0 Å². The first-order valence-corrected chi connectivity index (χ1v) is 7.09. The number of rotatable bonds is 4. The van der Waals surface area contributed by atoms with Gasteiger partial charge in [-0.3, -0.25) is 4.79 Å². The topological polar surface area (TPSA) is 56.5 Å². The summed E-state index contributed by atoms with van der Waals surface area (Å²) < 4.78 is 1.73. The zero-order valence-corrected chi connectivity index (χ0v) is 12.2. The van der Waals surface area contributed by atoms with Gasteiger partial charge in [0.25, 0.3) is 0 Å². The van der Waals surface area contributed by atoms with Crippen LogP contribution in [0.1, 0.15) is 47.1 Å². The minimum absolute atomic E-state index is 0.0203. The van der Waals surface area contributed by atoms with Crippen LogP contribution < -0.4 is 0 Å². The Balaban J connectivity index is 2.08. The Bertz CT molecular complexity index is 716. The molecular weight excluding hydrogens is 266 g/mol. The van der Waals surface area contributed by atoms with Crippen LogP contribution in [0.5, 0.6) is 0 Å². The molecule has 0 saturated carbocycles. The first-order valence-electron chi connectivity index (χ1n) is 7.09. The average Bonchev–Trinajstić information content (AvgIpc) is 2.89. The molecule has 5 heteroatoms. The van der Waals surface area contributed by atoms with Crippen molar-refractivity contribution >= 4 is 11.5 Å². The molecule has 21 heavy (non-hydrogen) atoms. The Morgan fingerprint density at radius 1 is 1.29 bits per heavy atom. The Kier molecular flexibility index (Phi) is 3.56. The van der Waals surface area contributed by atoms with Crippen LogP contribution in [0.25, 0.3) is 0 Å². The van der Waals surface area contributed by atoms with E-state index in [-0.39, 0.29) is 5.78 Å². The van der Waals surface area contributed by atoms with Gasteiger partial charge in [-0.2, -0.15) is 0 Å². The number of aromatic nitrogens is 2. The van der Waals surface area contributed by atoms with Gasteiger partial charge in [0.2, 0.25) is 5.78 Å². The van der Waals surface area contributed by atoms with Crippen LogP contribution >= 0.6 is 0 Å². The minimum atomic E-state index is -0.0203. The van der Waals surface area contributed by atoms with Crippen molar-refractivity contribution in [1.82, 2.24) is 9.55 Å². The molecule has 1 aromatic carbocycles. The maximum absolute atomic E-state index is 12.6. The van der Waals surface area contributed by atoms with Crippen molar-refractivity contribution in [2.75, 3.05) is 6.61 Å². The van der Waals surface area contributed by atoms with Crippen LogP contribution in [0.2, 0.25) is 0 Å². The van der Waals surface area contributed by atoms with Gasteiger partial charge in [0.1, 0.15) is 23.7 Å². The summed E-state index contributed by atoms with van der Waals surface area (Å²) in [6, 6.07) is 7.44. The quantitative estimate of drug-likeness (QED) is 0.546. The third-order valence-corrected chi connectivity index (χ3v) is 3.55. The summed E-state index contributed by atoms with van der Waals surface area (Å²) in [5, 5.41) is 4.24. The molecule has 108 valence electrons. The van der Waals surface area contributed by atoms with Crippen LogP contribution in [0.15, 0.2) is 35.7 Å². The molecule has 1 aromatic heterocycles. The lowest BCUT2D eigenvalue weighted by atomic mass is 9.89. The van der Waals surface area contributed by atoms with Crippen LogP contribution in [0.4, 0.5) is 0 Å². The highest BCUT2D eigenvalue weighted by Gasteiger charge is 2.32. The van der Waals surface area contributed by atoms with Crippen LogP contribution in [0.3, 0.4) is 0 Å². The van der Waals surface area contributed by atoms with E-state index in [4.69, 9.17) is 4.84 Å². The molecular formula is C16H17N3O2. The number of oxime groups is 1. The van der Waals surface area contributed by atoms with E-state index in [0.717, 1.165) is 18.4 Å². The van der Waals surface area contributed by atoms with Crippen LogP contribution in [-0.4, -0.2) is 27.7 Å². The predicted octanol–water partition coefficient (Wildman–Crippen LogP) is 2.53. The lowest BCUT2D eigenvalue weighted by molar-refractivity contribution is 0.102. The van der Waals surface area contributed by atoms with E-state index in [1.807, 2.05) is 31.3 Å². The van der Waals surface area contributed by atoms with Crippen molar-refractivity contribution < 1.29 is 9.63 Å². The van der Waals surface area contributed by atoms with Crippen molar-refractivity contribution in [2.45, 2.75) is 19.8 Å². The largest absolute Gasteiger partial charge is 0.395 e. The molecule has 5 nitrogen and oxygen atoms in total. The highest BCUT2D eigenvalue weighted by atomic mass is 16.6. The molecule has 0 atom stereocenters. The predicted molar refractivity (Wildman–Crippen MR) is 79.6 cm³/mol. The third-order valence-electron chi connectivity index (χ3n) is 3.55. The lowest BCUT2D eigenvalue weighted by Crippen LogP contribution is -2.23. The molecule has 0 amide bonds. The van der Waals surface area contributed by atoms with Gasteiger partial charge in [0.15, 0.2) is 0 Å². The lowest BCUT2D eigenvalue weighted by Gasteiger charge is -2.17. The first-order chi connectivity index (χ1) is 10.2. The van der Waals surface area contributed by atoms with Crippen molar-refractivity contribution in [1.29, 1.82) is 0 Å². The molecule has 0 saturated heterocycles. The molecule has 1 heterocycles. The molecule has 0 unspecified atom stereocenters. The Labute approximate surface area is 123 Å². The van der Waals surface area contributed by atoms with Gasteiger partial charge in [0, 0.05) is 18.2 Å². The van der Waals surface area contributed by atoms with E-state index >= 15 is 0 Å². The second kappa shape index (κ2) is 5.52. The molecule has 0 aliphatic heterocycles. The van der Waals surface area contributed by atoms with Crippen molar-refractivity contribution in [2.24, 2.45) is 12.2 Å². The summed E-state index contributed by atoms with van der Waals surface area (Å²) in [7, 11) is 1.81. The van der Waals surface area contributed by atoms with E-state index in [1.165, 1.54) is 0 Å². The number of fused-ring (bicyclic) bond motifs is 2. The fourth-order valence-electron chi connectivity index (χ4n) is 2.43. The third kappa shape index (κ3) is 2.24. The van der Waals surface area contributed by atoms with E-state index in [0.29, 0.717) is 29.3 Å². The highest BCUT2D eigenvalue weighted by Crippen LogP contribution is 2.26. The van der Waals surface area contributed by atoms with E-state index in [2.05, 4.69) is 17.1 Å². The van der Waals surface area contributed by atoms with Crippen LogP contribution in [0, 0.1) is 0 Å². The smallest absolute Gasteiger partial charge is 0.212 e. The van der Waals surface area contributed by atoms with Crippen molar-refractivity contribution in [3.05, 3.63) is 53.1 Å². The Morgan fingerprint density at radius 3 is 2.81 bits per heavy atom. The maximum Gasteiger partial charge on any atom is 0.212 e. The molecule has 0 spiro atoms. The zero-order valence-electron chi connectivity index (χ0n) is 12.2. The molecule has 0 fully saturated rings. The molecule has 1 aliphatic rings. The monoisotopic (exact) mass is 283 g/mol. The number of hydrogen-bond donors (Lipinski definition) is 0. The average molecular weight is 283 g/mol. The summed E-state index contributed by atoms with van der Waals surface area (Å²) in [5.74, 6) is -0.0203. The SMILES string of the molecule is CCCCON=C1c2ccccc2C(=O)c2c1ncn2C. The summed E-state index contributed by atoms with van der Waals surface area (Å²) in [5.41, 5.74) is 3.22. The van der Waals surface area contributed by atoms with Gasteiger partial charge in [-0.1, -0.05) is 42.8 Å². The fraction of sp³-hybridized carbons (Fsp3) is 0.312. The first kappa shape index (κ1) is 13.5. The number of unbranched alkanes of at least 4 members (excludes halogenated alkanes) is 1. The minimum Gasteiger partial charge on any atom is -0.395 e. The number of hydrogen-bond acceptors (Lipinski definition) is 4. The number of aryl methyl sites for hydroxylation is 1. The number of ketones is 1. The van der Waals surface area contributed by atoms with E-state index in [9.17, 15) is 4.79 Å². The molecule has 3 rings (SSSR count). The van der Waals surface area contributed by atoms with Gasteiger partial charge < -0.3 is 9.40 Å². The summed E-state index contributed by atoms with van der Waals surface area (Å²) >= 11 is 0. The van der Waals surface area contributed by atoms with Gasteiger partial charge in [0.05, 0.1) is 6.33 Å². The number of nitrogens with zero attached hydrogens (tertiary/aromatic N) is 3. The Morgan fingerprint density at radius 2 is 2.05 bits per heavy atom. The summed E-state index contributed by atoms with van der Waals surface area (Å²) in [6.07, 6.45) is 3.64. The standard InChI is InChI=1S/C16H17N3O2/c1-3-4-9-21-18-13-11-7-5-6-8-12(11)16(20)15-14(13)17-10-19(15)2/h5-8,10H,3-4,9H2,1-2H3. The van der Waals surface area contributed by atoms with Crippen molar-refractivity contribution in [3.63, 3.8) is 0 Å². The van der Waals surface area contributed by atoms with E-state index in [1.54, 1.807) is 10.9 Å². The Hall–Kier alpha value is -2.43. The fourth-order valence-corrected chi connectivity index (χ4v) is 2.43. The normalized spacial score (nSPS) is 15.0. The van der Waals surface area contributed by atoms with Gasteiger partial charge in [-0.15, -0.1) is 0 Å². The van der Waals surface area contributed by atoms with Crippen LogP contribution in [-0.2, 0) is 11.9 Å². The molecule has 0 bridgehead atoms. The summed E-state index contributed by atoms with van der Waals surface area (Å²) in [4.78, 5) is 22.3. The molecule has 2 aromatic rings. The highest BCUT2D eigenvalue weighted by molar-refractivity contribution is 6.28. The number of imidazole rings is 1. The zero-order chi connectivity index (χ0) is 14.8. The molecule has 0 N–H and O–H groups in total. The number of carbonyl (C=O) groups is 1. The molecule has 0 radical (unpaired) electrons.